The molecular formula is C23H25Cl2N7O. The minimum atomic E-state index is -0.0341. The molecule has 1 amide bonds. The molecule has 1 aromatic carbocycles. The Hall–Kier alpha value is -2.68. The Morgan fingerprint density at radius 3 is 2.76 bits per heavy atom. The maximum Gasteiger partial charge on any atom is 0.239 e. The van der Waals surface area contributed by atoms with Gasteiger partial charge in [-0.3, -0.25) is 4.79 Å². The predicted molar refractivity (Wildman–Crippen MR) is 131 cm³/mol. The zero-order chi connectivity index (χ0) is 22.8. The van der Waals surface area contributed by atoms with Crippen LogP contribution in [0.25, 0.3) is 11.0 Å². The summed E-state index contributed by atoms with van der Waals surface area (Å²) in [6.45, 7) is 4.09. The Morgan fingerprint density at radius 1 is 1.15 bits per heavy atom. The second-order valence-electron chi connectivity index (χ2n) is 8.30. The first-order valence-electron chi connectivity index (χ1n) is 11.2. The smallest absolute Gasteiger partial charge is 0.239 e. The summed E-state index contributed by atoms with van der Waals surface area (Å²) in [5.41, 5.74) is 1.55. The van der Waals surface area contributed by atoms with Gasteiger partial charge in [-0.15, -0.1) is 0 Å². The molecule has 5 rings (SSSR count). The van der Waals surface area contributed by atoms with Crippen molar-refractivity contribution in [3.63, 3.8) is 0 Å². The molecule has 1 atom stereocenters. The van der Waals surface area contributed by atoms with Gasteiger partial charge in [-0.05, 0) is 49.2 Å². The van der Waals surface area contributed by atoms with Crippen LogP contribution in [0.1, 0.15) is 18.4 Å². The van der Waals surface area contributed by atoms with E-state index in [2.05, 4.69) is 20.5 Å². The number of amides is 1. The van der Waals surface area contributed by atoms with Crippen LogP contribution in [0.5, 0.6) is 0 Å². The molecule has 0 spiro atoms. The van der Waals surface area contributed by atoms with Crippen LogP contribution in [-0.2, 0) is 11.3 Å². The zero-order valence-electron chi connectivity index (χ0n) is 18.1. The minimum Gasteiger partial charge on any atom is -0.365 e. The van der Waals surface area contributed by atoms with E-state index in [1.54, 1.807) is 12.3 Å². The molecule has 2 saturated heterocycles. The largest absolute Gasteiger partial charge is 0.365 e. The average Bonchev–Trinajstić information content (AvgIpc) is 3.38. The Bertz CT molecular complexity index is 1160. The summed E-state index contributed by atoms with van der Waals surface area (Å²) >= 11 is 12.4. The van der Waals surface area contributed by atoms with Crippen molar-refractivity contribution >= 4 is 51.9 Å². The molecule has 4 heterocycles. The molecule has 0 saturated carbocycles. The number of halogens is 2. The number of aromatic nitrogens is 3. The number of benzene rings is 1. The highest BCUT2D eigenvalue weighted by molar-refractivity contribution is 6.35. The molecule has 33 heavy (non-hydrogen) atoms. The zero-order valence-corrected chi connectivity index (χ0v) is 19.6. The van der Waals surface area contributed by atoms with Gasteiger partial charge in [-0.25, -0.2) is 4.98 Å². The molecule has 2 aromatic heterocycles. The van der Waals surface area contributed by atoms with Crippen molar-refractivity contribution in [1.82, 2.24) is 25.2 Å². The van der Waals surface area contributed by atoms with E-state index in [1.165, 1.54) is 0 Å². The van der Waals surface area contributed by atoms with Crippen molar-refractivity contribution in [1.29, 1.82) is 0 Å². The van der Waals surface area contributed by atoms with Crippen molar-refractivity contribution in [2.75, 3.05) is 42.9 Å². The summed E-state index contributed by atoms with van der Waals surface area (Å²) in [6.07, 6.45) is 3.71. The fourth-order valence-electron chi connectivity index (χ4n) is 4.31. The maximum atomic E-state index is 12.7. The molecule has 10 heteroatoms. The van der Waals surface area contributed by atoms with Crippen LogP contribution in [-0.4, -0.2) is 64.5 Å². The lowest BCUT2D eigenvalue weighted by atomic mass is 10.2. The van der Waals surface area contributed by atoms with Gasteiger partial charge in [-0.1, -0.05) is 29.3 Å². The number of nitrogens with zero attached hydrogens (tertiary/aromatic N) is 5. The number of carbonyl (C=O) groups is 1. The van der Waals surface area contributed by atoms with Crippen molar-refractivity contribution in [3.8, 4) is 0 Å². The van der Waals surface area contributed by atoms with E-state index in [9.17, 15) is 4.79 Å². The Morgan fingerprint density at radius 2 is 2.00 bits per heavy atom. The molecule has 2 aliphatic heterocycles. The molecule has 0 bridgehead atoms. The molecular weight excluding hydrogens is 461 g/mol. The lowest BCUT2D eigenvalue weighted by Crippen LogP contribution is -2.53. The molecule has 3 aromatic rings. The molecule has 2 aliphatic rings. The van der Waals surface area contributed by atoms with Crippen LogP contribution in [0.15, 0.2) is 36.5 Å². The molecule has 0 radical (unpaired) electrons. The normalized spacial score (nSPS) is 18.7. The fraction of sp³-hybridized carbons (Fsp3) is 0.391. The van der Waals surface area contributed by atoms with Crippen molar-refractivity contribution in [2.45, 2.75) is 25.4 Å². The van der Waals surface area contributed by atoms with Crippen molar-refractivity contribution in [3.05, 3.63) is 52.1 Å². The van der Waals surface area contributed by atoms with Crippen LogP contribution in [0, 0.1) is 0 Å². The summed E-state index contributed by atoms with van der Waals surface area (Å²) in [7, 11) is 0. The van der Waals surface area contributed by atoms with Crippen LogP contribution in [0.2, 0.25) is 10.0 Å². The first kappa shape index (κ1) is 22.1. The van der Waals surface area contributed by atoms with Gasteiger partial charge in [0.2, 0.25) is 11.9 Å². The number of hydrogen-bond donors (Lipinski definition) is 2. The van der Waals surface area contributed by atoms with Gasteiger partial charge < -0.3 is 20.4 Å². The number of fused-ring (bicyclic) bond motifs is 1. The van der Waals surface area contributed by atoms with E-state index >= 15 is 0 Å². The number of nitrogens with one attached hydrogen (secondary N) is 2. The van der Waals surface area contributed by atoms with E-state index in [0.29, 0.717) is 60.2 Å². The topological polar surface area (TPSA) is 86.3 Å². The van der Waals surface area contributed by atoms with Gasteiger partial charge in [0.1, 0.15) is 5.82 Å². The van der Waals surface area contributed by atoms with Gasteiger partial charge in [-0.2, -0.15) is 9.97 Å². The van der Waals surface area contributed by atoms with E-state index in [-0.39, 0.29) is 11.9 Å². The number of rotatable bonds is 5. The number of carbonyl (C=O) groups excluding carboxylic acids is 1. The number of anilines is 2. The number of pyridine rings is 1. The lowest BCUT2D eigenvalue weighted by molar-refractivity contribution is -0.133. The SMILES string of the molecule is O=C([C@@H]1CCCN1)N1CCN(c2nc(NCc3ccc(Cl)cc3Cl)c3cccnc3n2)CC1. The second kappa shape index (κ2) is 9.67. The molecule has 0 aliphatic carbocycles. The van der Waals surface area contributed by atoms with Gasteiger partial charge in [0.25, 0.3) is 0 Å². The Kier molecular flexibility index (Phi) is 6.48. The van der Waals surface area contributed by atoms with Gasteiger partial charge in [0.05, 0.1) is 11.4 Å². The quantitative estimate of drug-likeness (QED) is 0.572. The van der Waals surface area contributed by atoms with Gasteiger partial charge in [0, 0.05) is 49.0 Å². The van der Waals surface area contributed by atoms with Gasteiger partial charge >= 0.3 is 0 Å². The van der Waals surface area contributed by atoms with Crippen LogP contribution in [0.4, 0.5) is 11.8 Å². The summed E-state index contributed by atoms with van der Waals surface area (Å²) < 4.78 is 0. The average molecular weight is 486 g/mol. The standard InChI is InChI=1S/C23H25Cl2N7O/c24-16-6-5-15(18(25)13-16)14-28-21-17-3-1-8-27-20(17)29-23(30-21)32-11-9-31(10-12-32)22(33)19-4-2-7-26-19/h1,3,5-6,8,13,19,26H,2,4,7,9-12,14H2,(H,27,28,29,30)/t19-/m0/s1. The second-order valence-corrected chi connectivity index (χ2v) is 9.14. The third kappa shape index (κ3) is 4.83. The molecule has 8 nitrogen and oxygen atoms in total. The molecule has 0 unspecified atom stereocenters. The van der Waals surface area contributed by atoms with Crippen molar-refractivity contribution in [2.24, 2.45) is 0 Å². The van der Waals surface area contributed by atoms with Crippen LogP contribution >= 0.6 is 23.2 Å². The summed E-state index contributed by atoms with van der Waals surface area (Å²) in [4.78, 5) is 30.7. The number of piperazine rings is 1. The Balaban J connectivity index is 1.33. The minimum absolute atomic E-state index is 0.0341. The van der Waals surface area contributed by atoms with Crippen LogP contribution < -0.4 is 15.5 Å². The molecule has 2 fully saturated rings. The third-order valence-corrected chi connectivity index (χ3v) is 6.74. The first-order valence-corrected chi connectivity index (χ1v) is 11.9. The van der Waals surface area contributed by atoms with E-state index in [0.717, 1.165) is 30.3 Å². The molecule has 172 valence electrons. The summed E-state index contributed by atoms with van der Waals surface area (Å²) in [6, 6.07) is 9.23. The number of hydrogen-bond acceptors (Lipinski definition) is 7. The van der Waals surface area contributed by atoms with E-state index in [4.69, 9.17) is 33.2 Å². The lowest BCUT2D eigenvalue weighted by Gasteiger charge is -2.36. The highest BCUT2D eigenvalue weighted by Crippen LogP contribution is 2.26. The monoisotopic (exact) mass is 485 g/mol. The predicted octanol–water partition coefficient (Wildman–Crippen LogP) is 3.34. The highest BCUT2D eigenvalue weighted by atomic mass is 35.5. The van der Waals surface area contributed by atoms with Crippen molar-refractivity contribution < 1.29 is 4.79 Å². The fourth-order valence-corrected chi connectivity index (χ4v) is 4.79. The molecule has 2 N–H and O–H groups in total. The Labute approximate surface area is 202 Å². The summed E-state index contributed by atoms with van der Waals surface area (Å²) in [5, 5.41) is 8.73. The van der Waals surface area contributed by atoms with Crippen LogP contribution in [0.3, 0.4) is 0 Å². The van der Waals surface area contributed by atoms with E-state index < -0.39 is 0 Å². The van der Waals surface area contributed by atoms with E-state index in [1.807, 2.05) is 29.2 Å². The summed E-state index contributed by atoms with van der Waals surface area (Å²) in [5.74, 6) is 1.51. The third-order valence-electron chi connectivity index (χ3n) is 6.15. The first-order chi connectivity index (χ1) is 16.1. The van der Waals surface area contributed by atoms with Gasteiger partial charge in [0.15, 0.2) is 5.65 Å². The maximum absolute atomic E-state index is 12.7. The highest BCUT2D eigenvalue weighted by Gasteiger charge is 2.30.